The number of hydrogen-bond acceptors (Lipinski definition) is 2. The van der Waals surface area contributed by atoms with Gasteiger partial charge in [-0.15, -0.1) is 0 Å². The van der Waals surface area contributed by atoms with E-state index in [2.05, 4.69) is 14.4 Å². The predicted octanol–water partition coefficient (Wildman–Crippen LogP) is 1.23. The van der Waals surface area contributed by atoms with Crippen molar-refractivity contribution in [1.29, 1.82) is 0 Å². The molecule has 0 bridgehead atoms. The highest BCUT2D eigenvalue weighted by atomic mass is 31.0. The molecule has 0 saturated heterocycles. The molecule has 0 aliphatic carbocycles. The Labute approximate surface area is 46.1 Å². The van der Waals surface area contributed by atoms with Crippen LogP contribution in [0.3, 0.4) is 0 Å². The van der Waals surface area contributed by atoms with Crippen LogP contribution >= 0.6 is 9.24 Å². The van der Waals surface area contributed by atoms with Gasteiger partial charge in [0.2, 0.25) is 0 Å². The maximum atomic E-state index is 4.74. The Morgan fingerprint density at radius 2 is 2.29 bits per heavy atom. The zero-order chi connectivity index (χ0) is 5.70. The van der Waals surface area contributed by atoms with Crippen LogP contribution in [-0.4, -0.2) is 12.1 Å². The number of nitrogens with zero attached hydrogens (tertiary/aromatic N) is 1. The third kappa shape index (κ3) is 5.90. The second-order valence-corrected chi connectivity index (χ2v) is 1.71. The fraction of sp³-hybridized carbons (Fsp3) is 0.750. The van der Waals surface area contributed by atoms with Crippen LogP contribution < -0.4 is 0 Å². The van der Waals surface area contributed by atoms with E-state index in [4.69, 9.17) is 4.84 Å². The molecule has 0 N–H and O–H groups in total. The molecule has 0 radical (unpaired) electrons. The molecule has 0 aromatic rings. The first-order chi connectivity index (χ1) is 3.27. The van der Waals surface area contributed by atoms with E-state index >= 15 is 0 Å². The van der Waals surface area contributed by atoms with Crippen LogP contribution in [-0.2, 0) is 4.84 Å². The molecule has 1 unspecified atom stereocenters. The van der Waals surface area contributed by atoms with Gasteiger partial charge in [0, 0.05) is 0 Å². The van der Waals surface area contributed by atoms with E-state index in [1.807, 2.05) is 13.8 Å². The molecule has 0 spiro atoms. The van der Waals surface area contributed by atoms with Gasteiger partial charge in [-0.2, -0.15) is 0 Å². The Morgan fingerprint density at radius 1 is 1.71 bits per heavy atom. The van der Waals surface area contributed by atoms with E-state index in [1.54, 1.807) is 5.96 Å². The molecule has 2 nitrogen and oxygen atoms in total. The lowest BCUT2D eigenvalue weighted by Gasteiger charge is -1.97. The lowest BCUT2D eigenvalue weighted by Crippen LogP contribution is -1.94. The van der Waals surface area contributed by atoms with E-state index in [0.29, 0.717) is 0 Å². The molecule has 0 amide bonds. The maximum Gasteiger partial charge on any atom is 0.122 e. The van der Waals surface area contributed by atoms with Crippen molar-refractivity contribution in [2.45, 2.75) is 20.0 Å². The summed E-state index contributed by atoms with van der Waals surface area (Å²) in [5.41, 5.74) is 0. The summed E-state index contributed by atoms with van der Waals surface area (Å²) in [5, 5.41) is 3.51. The third-order valence-electron chi connectivity index (χ3n) is 0.333. The Hall–Kier alpha value is -0.100. The van der Waals surface area contributed by atoms with Gasteiger partial charge in [-0.05, 0) is 13.8 Å². The van der Waals surface area contributed by atoms with Gasteiger partial charge in [-0.1, -0.05) is 14.4 Å². The van der Waals surface area contributed by atoms with Gasteiger partial charge in [0.15, 0.2) is 0 Å². The first-order valence-corrected chi connectivity index (χ1v) is 2.83. The molecule has 3 heteroatoms. The summed E-state index contributed by atoms with van der Waals surface area (Å²) in [7, 11) is 2.33. The Morgan fingerprint density at radius 3 is 2.43 bits per heavy atom. The first-order valence-electron chi connectivity index (χ1n) is 2.16. The van der Waals surface area contributed by atoms with Crippen molar-refractivity contribution < 1.29 is 4.84 Å². The van der Waals surface area contributed by atoms with Gasteiger partial charge in [-0.25, -0.2) is 0 Å². The van der Waals surface area contributed by atoms with Gasteiger partial charge in [0.05, 0.1) is 5.96 Å². The highest BCUT2D eigenvalue weighted by Gasteiger charge is 1.84. The maximum absolute atomic E-state index is 4.74. The molecular weight excluding hydrogens is 109 g/mol. The summed E-state index contributed by atoms with van der Waals surface area (Å²) < 4.78 is 0. The average molecular weight is 119 g/mol. The number of oxime groups is 1. The van der Waals surface area contributed by atoms with Crippen LogP contribution in [0.25, 0.3) is 0 Å². The minimum Gasteiger partial charge on any atom is -0.393 e. The quantitative estimate of drug-likeness (QED) is 0.304. The molecule has 0 fully saturated rings. The molecule has 0 aromatic carbocycles. The first kappa shape index (κ1) is 6.90. The minimum atomic E-state index is 0.191. The lowest BCUT2D eigenvalue weighted by molar-refractivity contribution is 0.0879. The highest BCUT2D eigenvalue weighted by Crippen LogP contribution is 1.86. The standard InChI is InChI=1S/C4H10NOP/c1-4(2)6-5-3-7/h3-4H,7H2,1-2H3/b5-3-. The molecule has 1 atom stereocenters. The monoisotopic (exact) mass is 119 g/mol. The van der Waals surface area contributed by atoms with Gasteiger partial charge in [0.25, 0.3) is 0 Å². The summed E-state index contributed by atoms with van der Waals surface area (Å²) in [6.45, 7) is 3.86. The van der Waals surface area contributed by atoms with Crippen molar-refractivity contribution >= 4 is 15.2 Å². The molecule has 0 saturated carbocycles. The van der Waals surface area contributed by atoms with E-state index in [1.165, 1.54) is 0 Å². The average Bonchev–Trinajstić information content (AvgIpc) is 1.61. The zero-order valence-electron chi connectivity index (χ0n) is 4.59. The van der Waals surface area contributed by atoms with Gasteiger partial charge >= 0.3 is 0 Å². The van der Waals surface area contributed by atoms with Crippen LogP contribution in [0.15, 0.2) is 5.16 Å². The van der Waals surface area contributed by atoms with Crippen molar-refractivity contribution in [1.82, 2.24) is 0 Å². The molecule has 0 aliphatic heterocycles. The van der Waals surface area contributed by atoms with E-state index in [0.717, 1.165) is 0 Å². The predicted molar refractivity (Wildman–Crippen MR) is 34.4 cm³/mol. The minimum absolute atomic E-state index is 0.191. The number of hydrogen-bond donors (Lipinski definition) is 0. The SMILES string of the molecule is CC(C)O/N=C\P. The smallest absolute Gasteiger partial charge is 0.122 e. The van der Waals surface area contributed by atoms with Gasteiger partial charge in [-0.3, -0.25) is 0 Å². The molecule has 7 heavy (non-hydrogen) atoms. The van der Waals surface area contributed by atoms with Crippen LogP contribution in [0.5, 0.6) is 0 Å². The normalized spacial score (nSPS) is 10.9. The van der Waals surface area contributed by atoms with Crippen LogP contribution in [0.1, 0.15) is 13.8 Å². The molecule has 0 aromatic heterocycles. The summed E-state index contributed by atoms with van der Waals surface area (Å²) in [6, 6.07) is 0. The number of rotatable bonds is 2. The van der Waals surface area contributed by atoms with Crippen molar-refractivity contribution in [2.75, 3.05) is 0 Å². The zero-order valence-corrected chi connectivity index (χ0v) is 5.74. The molecule has 0 rings (SSSR count). The molecule has 0 aliphatic rings. The van der Waals surface area contributed by atoms with E-state index in [9.17, 15) is 0 Å². The van der Waals surface area contributed by atoms with Crippen molar-refractivity contribution in [2.24, 2.45) is 5.16 Å². The summed E-state index contributed by atoms with van der Waals surface area (Å²) in [6.07, 6.45) is 0.191. The van der Waals surface area contributed by atoms with Crippen molar-refractivity contribution in [3.8, 4) is 0 Å². The van der Waals surface area contributed by atoms with E-state index in [-0.39, 0.29) is 6.10 Å². The van der Waals surface area contributed by atoms with Crippen LogP contribution in [0.4, 0.5) is 0 Å². The summed E-state index contributed by atoms with van der Waals surface area (Å²) >= 11 is 0. The van der Waals surface area contributed by atoms with Gasteiger partial charge in [0.1, 0.15) is 6.10 Å². The third-order valence-corrected chi connectivity index (χ3v) is 0.454. The highest BCUT2D eigenvalue weighted by molar-refractivity contribution is 7.36. The summed E-state index contributed by atoms with van der Waals surface area (Å²) in [4.78, 5) is 4.74. The second kappa shape index (κ2) is 4.07. The van der Waals surface area contributed by atoms with Crippen molar-refractivity contribution in [3.63, 3.8) is 0 Å². The molecular formula is C4H10NOP. The van der Waals surface area contributed by atoms with Crippen LogP contribution in [0, 0.1) is 0 Å². The molecule has 0 heterocycles. The Kier molecular flexibility index (Phi) is 4.01. The fourth-order valence-corrected chi connectivity index (χ4v) is 0.227. The summed E-state index contributed by atoms with van der Waals surface area (Å²) in [5.74, 6) is 1.54. The van der Waals surface area contributed by atoms with E-state index < -0.39 is 0 Å². The lowest BCUT2D eigenvalue weighted by atomic mass is 10.5. The second-order valence-electron chi connectivity index (χ2n) is 1.41. The Bertz CT molecular complexity index is 62.7. The topological polar surface area (TPSA) is 21.6 Å². The fourth-order valence-electron chi connectivity index (χ4n) is 0.157. The van der Waals surface area contributed by atoms with Crippen molar-refractivity contribution in [3.05, 3.63) is 0 Å². The largest absolute Gasteiger partial charge is 0.393 e. The van der Waals surface area contributed by atoms with Gasteiger partial charge < -0.3 is 4.84 Å². The Balaban J connectivity index is 2.97. The van der Waals surface area contributed by atoms with Crippen LogP contribution in [0.2, 0.25) is 0 Å². The molecule has 42 valence electrons.